The van der Waals surface area contributed by atoms with Gasteiger partial charge in [0.1, 0.15) is 19.3 Å². The highest BCUT2D eigenvalue weighted by molar-refractivity contribution is 7.47. The van der Waals surface area contributed by atoms with E-state index in [0.717, 1.165) is 108 Å². The minimum absolute atomic E-state index is 0.105. The maximum atomic E-state index is 13.1. The Hall–Kier alpha value is -1.94. The summed E-state index contributed by atoms with van der Waals surface area (Å²) in [7, 11) is -9.91. The second-order valence-electron chi connectivity index (χ2n) is 28.8. The smallest absolute Gasteiger partial charge is 0.462 e. The number of hydrogen-bond donors (Lipinski definition) is 3. The predicted molar refractivity (Wildman–Crippen MR) is 395 cm³/mol. The third-order valence-corrected chi connectivity index (χ3v) is 20.5. The topological polar surface area (TPSA) is 237 Å². The van der Waals surface area contributed by atoms with Crippen LogP contribution in [0.1, 0.15) is 408 Å². The van der Waals surface area contributed by atoms with Gasteiger partial charge >= 0.3 is 39.5 Å². The predicted octanol–water partition coefficient (Wildman–Crippen LogP) is 23.1. The summed E-state index contributed by atoms with van der Waals surface area (Å²) in [4.78, 5) is 72.9. The van der Waals surface area contributed by atoms with Crippen molar-refractivity contribution in [2.24, 2.45) is 11.8 Å². The molecule has 0 aliphatic heterocycles. The highest BCUT2D eigenvalue weighted by Crippen LogP contribution is 2.45. The molecule has 0 aliphatic carbocycles. The van der Waals surface area contributed by atoms with Gasteiger partial charge in [0.05, 0.1) is 26.4 Å². The van der Waals surface area contributed by atoms with Crippen LogP contribution >= 0.6 is 15.6 Å². The molecule has 3 unspecified atom stereocenters. The SMILES string of the molecule is CCCCCCCCCCCCCCCCCCCCC(=O)O[C@H](COC(=O)CCCCCCCCCCCCCCCCCCC)COP(=O)(O)OC[C@@H](O)COP(=O)(O)OC[C@@H](COC(=O)CCCCCCCCC(C)CC)OC(=O)CCCCCCCCCCCC(C)C. The first-order valence-electron chi connectivity index (χ1n) is 40.5. The number of carbonyl (C=O) groups is 4. The Morgan fingerprint density at radius 3 is 0.784 bits per heavy atom. The van der Waals surface area contributed by atoms with Crippen molar-refractivity contribution in [2.75, 3.05) is 39.6 Å². The van der Waals surface area contributed by atoms with Crippen LogP contribution in [0.25, 0.3) is 0 Å². The Morgan fingerprint density at radius 1 is 0.299 bits per heavy atom. The molecule has 6 atom stereocenters. The van der Waals surface area contributed by atoms with Gasteiger partial charge in [0.2, 0.25) is 0 Å². The Bertz CT molecular complexity index is 1870. The summed E-state index contributed by atoms with van der Waals surface area (Å²) in [6.45, 7) is 9.55. The number of unbranched alkanes of at least 4 members (excludes halogenated alkanes) is 46. The molecule has 97 heavy (non-hydrogen) atoms. The van der Waals surface area contributed by atoms with Crippen LogP contribution < -0.4 is 0 Å². The molecule has 0 saturated heterocycles. The molecular formula is C78H152O17P2. The lowest BCUT2D eigenvalue weighted by Crippen LogP contribution is -2.30. The molecule has 0 rings (SSSR count). The van der Waals surface area contributed by atoms with Gasteiger partial charge in [0, 0.05) is 25.7 Å². The van der Waals surface area contributed by atoms with E-state index in [0.29, 0.717) is 25.7 Å². The van der Waals surface area contributed by atoms with E-state index in [2.05, 4.69) is 41.5 Å². The van der Waals surface area contributed by atoms with Crippen LogP contribution in [-0.2, 0) is 65.4 Å². The number of rotatable bonds is 77. The first kappa shape index (κ1) is 95.1. The number of ether oxygens (including phenoxy) is 4. The van der Waals surface area contributed by atoms with Gasteiger partial charge < -0.3 is 33.8 Å². The van der Waals surface area contributed by atoms with Gasteiger partial charge in [-0.25, -0.2) is 9.13 Å². The standard InChI is InChI=1S/C78H152O17P2/c1-7-10-12-14-16-18-20-22-24-26-28-30-32-34-38-42-50-56-62-77(82)94-73(66-88-75(80)60-54-48-41-37-33-31-29-27-25-23-21-19-17-15-13-11-8-2)68-92-96(84,85)90-64-72(79)65-91-97(86,87)93-69-74(67-89-76(81)61-55-49-45-44-47-53-59-71(6)9-3)95-78(83)63-57-51-43-39-35-36-40-46-52-58-70(4)5/h70-74,79H,7-69H2,1-6H3,(H,84,85)(H,86,87)/t71?,72-,73-,74-/m1/s1. The number of aliphatic hydroxyl groups is 1. The number of phosphoric acid groups is 2. The zero-order valence-electron chi connectivity index (χ0n) is 63.4. The van der Waals surface area contributed by atoms with Gasteiger partial charge in [-0.05, 0) is 37.5 Å². The van der Waals surface area contributed by atoms with Gasteiger partial charge in [-0.1, -0.05) is 356 Å². The molecule has 0 amide bonds. The van der Waals surface area contributed by atoms with Crippen molar-refractivity contribution in [1.82, 2.24) is 0 Å². The van der Waals surface area contributed by atoms with Crippen molar-refractivity contribution >= 4 is 39.5 Å². The number of hydrogen-bond acceptors (Lipinski definition) is 15. The third kappa shape index (κ3) is 70.9. The molecule has 0 aromatic carbocycles. The van der Waals surface area contributed by atoms with Crippen molar-refractivity contribution in [3.05, 3.63) is 0 Å². The normalized spacial score (nSPS) is 14.2. The fourth-order valence-electron chi connectivity index (χ4n) is 12.0. The fourth-order valence-corrected chi connectivity index (χ4v) is 13.6. The number of aliphatic hydroxyl groups excluding tert-OH is 1. The first-order valence-corrected chi connectivity index (χ1v) is 43.5. The minimum atomic E-state index is -4.96. The van der Waals surface area contributed by atoms with Gasteiger partial charge in [-0.3, -0.25) is 37.3 Å². The molecule has 0 spiro atoms. The lowest BCUT2D eigenvalue weighted by molar-refractivity contribution is -0.161. The van der Waals surface area contributed by atoms with Crippen LogP contribution in [0, 0.1) is 11.8 Å². The van der Waals surface area contributed by atoms with Crippen LogP contribution in [0.5, 0.6) is 0 Å². The Morgan fingerprint density at radius 2 is 0.526 bits per heavy atom. The van der Waals surface area contributed by atoms with E-state index in [9.17, 15) is 43.2 Å². The summed E-state index contributed by atoms with van der Waals surface area (Å²) in [6, 6.07) is 0. The Labute approximate surface area is 594 Å². The number of carbonyl (C=O) groups excluding carboxylic acids is 4. The number of phosphoric ester groups is 2. The first-order chi connectivity index (χ1) is 46.9. The maximum absolute atomic E-state index is 13.1. The fraction of sp³-hybridized carbons (Fsp3) is 0.949. The van der Waals surface area contributed by atoms with Crippen LogP contribution in [0.2, 0.25) is 0 Å². The van der Waals surface area contributed by atoms with E-state index in [1.54, 1.807) is 0 Å². The molecule has 3 N–H and O–H groups in total. The largest absolute Gasteiger partial charge is 0.472 e. The second kappa shape index (κ2) is 69.8. The van der Waals surface area contributed by atoms with Crippen molar-refractivity contribution in [3.63, 3.8) is 0 Å². The molecule has 0 radical (unpaired) electrons. The summed E-state index contributed by atoms with van der Waals surface area (Å²) < 4.78 is 68.6. The molecule has 0 heterocycles. The lowest BCUT2D eigenvalue weighted by Gasteiger charge is -2.21. The molecule has 0 aliphatic rings. The molecule has 19 heteroatoms. The molecule has 0 aromatic heterocycles. The highest BCUT2D eigenvalue weighted by Gasteiger charge is 2.30. The summed E-state index contributed by atoms with van der Waals surface area (Å²) in [6.07, 6.45) is 58.4. The lowest BCUT2D eigenvalue weighted by atomic mass is 10.00. The average molecular weight is 1420 g/mol. The average Bonchev–Trinajstić information content (AvgIpc) is 2.55. The van der Waals surface area contributed by atoms with Gasteiger partial charge in [-0.2, -0.15) is 0 Å². The molecule has 0 aromatic rings. The highest BCUT2D eigenvalue weighted by atomic mass is 31.2. The van der Waals surface area contributed by atoms with E-state index in [-0.39, 0.29) is 25.7 Å². The Balaban J connectivity index is 5.24. The molecule has 576 valence electrons. The minimum Gasteiger partial charge on any atom is -0.462 e. The zero-order chi connectivity index (χ0) is 71.4. The molecule has 0 saturated carbocycles. The quantitative estimate of drug-likeness (QED) is 0.0222. The van der Waals surface area contributed by atoms with Crippen LogP contribution in [-0.4, -0.2) is 96.7 Å². The summed E-state index contributed by atoms with van der Waals surface area (Å²) in [5.74, 6) is -0.647. The van der Waals surface area contributed by atoms with Crippen molar-refractivity contribution in [2.45, 2.75) is 426 Å². The van der Waals surface area contributed by atoms with Crippen molar-refractivity contribution in [3.8, 4) is 0 Å². The maximum Gasteiger partial charge on any atom is 0.472 e. The van der Waals surface area contributed by atoms with Crippen molar-refractivity contribution in [1.29, 1.82) is 0 Å². The number of esters is 4. The molecule has 17 nitrogen and oxygen atoms in total. The molecule has 0 bridgehead atoms. The summed E-state index contributed by atoms with van der Waals surface area (Å²) >= 11 is 0. The molecular weight excluding hydrogens is 1270 g/mol. The van der Waals surface area contributed by atoms with E-state index >= 15 is 0 Å². The van der Waals surface area contributed by atoms with Crippen LogP contribution in [0.3, 0.4) is 0 Å². The van der Waals surface area contributed by atoms with E-state index in [4.69, 9.17) is 37.0 Å². The summed E-state index contributed by atoms with van der Waals surface area (Å²) in [5, 5.41) is 10.6. The van der Waals surface area contributed by atoms with Crippen LogP contribution in [0.4, 0.5) is 0 Å². The van der Waals surface area contributed by atoms with Gasteiger partial charge in [0.15, 0.2) is 12.2 Å². The van der Waals surface area contributed by atoms with E-state index in [1.807, 2.05) is 0 Å². The van der Waals surface area contributed by atoms with Gasteiger partial charge in [0.25, 0.3) is 0 Å². The third-order valence-electron chi connectivity index (χ3n) is 18.6. The van der Waals surface area contributed by atoms with Crippen molar-refractivity contribution < 1.29 is 80.2 Å². The van der Waals surface area contributed by atoms with E-state index in [1.165, 1.54) is 218 Å². The Kier molecular flexibility index (Phi) is 68.4. The zero-order valence-corrected chi connectivity index (χ0v) is 65.2. The van der Waals surface area contributed by atoms with Crippen LogP contribution in [0.15, 0.2) is 0 Å². The van der Waals surface area contributed by atoms with E-state index < -0.39 is 97.5 Å². The van der Waals surface area contributed by atoms with Gasteiger partial charge in [-0.15, -0.1) is 0 Å². The molecule has 0 fully saturated rings. The summed E-state index contributed by atoms with van der Waals surface area (Å²) in [5.41, 5.74) is 0. The monoisotopic (exact) mass is 1420 g/mol. The second-order valence-corrected chi connectivity index (χ2v) is 31.7.